The van der Waals surface area contributed by atoms with Gasteiger partial charge in [0.15, 0.2) is 0 Å². The summed E-state index contributed by atoms with van der Waals surface area (Å²) >= 11 is 0. The molecule has 0 amide bonds. The van der Waals surface area contributed by atoms with Gasteiger partial charge in [0, 0.05) is 0 Å². The third-order valence-electron chi connectivity index (χ3n) is 6.86. The van der Waals surface area contributed by atoms with Crippen molar-refractivity contribution in [1.82, 2.24) is 0 Å². The maximum Gasteiger partial charge on any atom is 0.309 e. The zero-order chi connectivity index (χ0) is 23.3. The van der Waals surface area contributed by atoms with Crippen LogP contribution in [0.3, 0.4) is 0 Å². The molecule has 0 radical (unpaired) electrons. The molecule has 1 rings (SSSR count). The number of unbranched alkanes of at least 4 members (excludes halogenated alkanes) is 12. The molecule has 0 aromatic carbocycles. The van der Waals surface area contributed by atoms with Crippen LogP contribution in [-0.2, 0) is 19.1 Å². The van der Waals surface area contributed by atoms with E-state index in [0.717, 1.165) is 64.2 Å². The van der Waals surface area contributed by atoms with Crippen molar-refractivity contribution in [2.24, 2.45) is 11.8 Å². The standard InChI is InChI=1S/C28H52O4/c1-3-5-7-9-11-15-19-23-31-27(29)25-21-17-13-14-18-22-26(25)28(30)32-24-20-16-12-10-8-6-4-2/h25-26H,3-24H2,1-2H3. The number of esters is 2. The van der Waals surface area contributed by atoms with Crippen LogP contribution in [0.25, 0.3) is 0 Å². The topological polar surface area (TPSA) is 52.6 Å². The van der Waals surface area contributed by atoms with Gasteiger partial charge in [0.2, 0.25) is 0 Å². The minimum absolute atomic E-state index is 0.171. The van der Waals surface area contributed by atoms with Crippen molar-refractivity contribution in [1.29, 1.82) is 0 Å². The van der Waals surface area contributed by atoms with Gasteiger partial charge in [-0.2, -0.15) is 0 Å². The maximum absolute atomic E-state index is 12.8. The summed E-state index contributed by atoms with van der Waals surface area (Å²) in [4.78, 5) is 25.6. The molecule has 0 spiro atoms. The van der Waals surface area contributed by atoms with Crippen LogP contribution >= 0.6 is 0 Å². The van der Waals surface area contributed by atoms with Gasteiger partial charge < -0.3 is 9.47 Å². The summed E-state index contributed by atoms with van der Waals surface area (Å²) in [5, 5.41) is 0. The normalized spacial score (nSPS) is 19.2. The Morgan fingerprint density at radius 3 is 1.25 bits per heavy atom. The van der Waals surface area contributed by atoms with Crippen LogP contribution in [0.5, 0.6) is 0 Å². The summed E-state index contributed by atoms with van der Waals surface area (Å²) in [6, 6.07) is 0. The number of hydrogen-bond donors (Lipinski definition) is 0. The zero-order valence-electron chi connectivity index (χ0n) is 21.3. The first-order valence-corrected chi connectivity index (χ1v) is 14.0. The number of carbonyl (C=O) groups is 2. The molecule has 0 aromatic heterocycles. The summed E-state index contributed by atoms with van der Waals surface area (Å²) in [6.45, 7) is 5.44. The number of carbonyl (C=O) groups excluding carboxylic acids is 2. The van der Waals surface area contributed by atoms with E-state index in [1.54, 1.807) is 0 Å². The second-order valence-corrected chi connectivity index (χ2v) is 9.78. The first-order chi connectivity index (χ1) is 15.7. The summed E-state index contributed by atoms with van der Waals surface area (Å²) in [7, 11) is 0. The molecule has 4 heteroatoms. The van der Waals surface area contributed by atoms with E-state index >= 15 is 0 Å². The van der Waals surface area contributed by atoms with Crippen LogP contribution in [0.1, 0.15) is 142 Å². The van der Waals surface area contributed by atoms with Crippen LogP contribution in [0, 0.1) is 11.8 Å². The molecule has 0 heterocycles. The second kappa shape index (κ2) is 20.5. The fraction of sp³-hybridized carbons (Fsp3) is 0.929. The molecule has 32 heavy (non-hydrogen) atoms. The molecule has 2 atom stereocenters. The smallest absolute Gasteiger partial charge is 0.309 e. The predicted molar refractivity (Wildman–Crippen MR) is 133 cm³/mol. The maximum atomic E-state index is 12.8. The average molecular weight is 453 g/mol. The summed E-state index contributed by atoms with van der Waals surface area (Å²) in [5.41, 5.74) is 0. The van der Waals surface area contributed by atoms with Crippen molar-refractivity contribution in [3.63, 3.8) is 0 Å². The molecule has 1 fully saturated rings. The molecule has 1 saturated carbocycles. The molecule has 2 unspecified atom stereocenters. The average Bonchev–Trinajstić information content (AvgIpc) is 2.77. The van der Waals surface area contributed by atoms with Crippen LogP contribution < -0.4 is 0 Å². The van der Waals surface area contributed by atoms with Crippen LogP contribution in [0.4, 0.5) is 0 Å². The SMILES string of the molecule is CCCCCCCCCOC(=O)C1CCCCCCC1C(=O)OCCCCCCCCC. The lowest BCUT2D eigenvalue weighted by Gasteiger charge is -2.26. The van der Waals surface area contributed by atoms with Crippen molar-refractivity contribution in [3.8, 4) is 0 Å². The van der Waals surface area contributed by atoms with Crippen LogP contribution in [0.15, 0.2) is 0 Å². The van der Waals surface area contributed by atoms with Gasteiger partial charge in [-0.1, -0.05) is 117 Å². The molecule has 1 aliphatic carbocycles. The predicted octanol–water partition coefficient (Wildman–Crippen LogP) is 8.16. The lowest BCUT2D eigenvalue weighted by atomic mass is 9.81. The van der Waals surface area contributed by atoms with Crippen LogP contribution in [-0.4, -0.2) is 25.2 Å². The summed E-state index contributed by atoms with van der Waals surface area (Å²) < 4.78 is 11.3. The minimum atomic E-state index is -0.318. The van der Waals surface area contributed by atoms with Gasteiger partial charge in [-0.25, -0.2) is 0 Å². The Labute approximate surface area is 198 Å². The van der Waals surface area contributed by atoms with Gasteiger partial charge in [0.1, 0.15) is 0 Å². The fourth-order valence-corrected chi connectivity index (χ4v) is 4.73. The van der Waals surface area contributed by atoms with E-state index in [1.807, 2.05) is 0 Å². The molecule has 0 aromatic rings. The molecule has 4 nitrogen and oxygen atoms in total. The molecular weight excluding hydrogens is 400 g/mol. The monoisotopic (exact) mass is 452 g/mol. The molecule has 188 valence electrons. The molecule has 0 saturated heterocycles. The molecular formula is C28H52O4. The Balaban J connectivity index is 2.33. The van der Waals surface area contributed by atoms with E-state index in [2.05, 4.69) is 13.8 Å². The summed E-state index contributed by atoms with van der Waals surface area (Å²) in [6.07, 6.45) is 22.6. The number of ether oxygens (including phenoxy) is 2. The quantitative estimate of drug-likeness (QED) is 0.155. The van der Waals surface area contributed by atoms with Gasteiger partial charge in [-0.3, -0.25) is 9.59 Å². The third kappa shape index (κ3) is 14.2. The molecule has 1 aliphatic rings. The van der Waals surface area contributed by atoms with Crippen molar-refractivity contribution in [2.75, 3.05) is 13.2 Å². The largest absolute Gasteiger partial charge is 0.465 e. The zero-order valence-corrected chi connectivity index (χ0v) is 21.3. The van der Waals surface area contributed by atoms with Crippen molar-refractivity contribution in [2.45, 2.75) is 142 Å². The Hall–Kier alpha value is -1.06. The van der Waals surface area contributed by atoms with Crippen molar-refractivity contribution < 1.29 is 19.1 Å². The van der Waals surface area contributed by atoms with E-state index in [0.29, 0.717) is 13.2 Å². The number of rotatable bonds is 18. The van der Waals surface area contributed by atoms with Gasteiger partial charge in [-0.05, 0) is 25.7 Å². The molecule has 0 bridgehead atoms. The lowest BCUT2D eigenvalue weighted by Crippen LogP contribution is -2.33. The Bertz CT molecular complexity index is 420. The van der Waals surface area contributed by atoms with Crippen LogP contribution in [0.2, 0.25) is 0 Å². The Morgan fingerprint density at radius 2 is 0.875 bits per heavy atom. The van der Waals surface area contributed by atoms with Crippen molar-refractivity contribution in [3.05, 3.63) is 0 Å². The minimum Gasteiger partial charge on any atom is -0.465 e. The summed E-state index contributed by atoms with van der Waals surface area (Å²) in [5.74, 6) is -0.977. The third-order valence-corrected chi connectivity index (χ3v) is 6.86. The van der Waals surface area contributed by atoms with E-state index in [9.17, 15) is 9.59 Å². The lowest BCUT2D eigenvalue weighted by molar-refractivity contribution is -0.162. The highest BCUT2D eigenvalue weighted by molar-refractivity contribution is 5.82. The van der Waals surface area contributed by atoms with E-state index in [4.69, 9.17) is 9.47 Å². The van der Waals surface area contributed by atoms with E-state index in [-0.39, 0.29) is 23.8 Å². The Kier molecular flexibility index (Phi) is 18.6. The highest BCUT2D eigenvalue weighted by atomic mass is 16.5. The van der Waals surface area contributed by atoms with Gasteiger partial charge in [0.05, 0.1) is 25.0 Å². The number of hydrogen-bond acceptors (Lipinski definition) is 4. The van der Waals surface area contributed by atoms with E-state index < -0.39 is 0 Å². The molecule has 0 aliphatic heterocycles. The van der Waals surface area contributed by atoms with Crippen molar-refractivity contribution >= 4 is 11.9 Å². The van der Waals surface area contributed by atoms with E-state index in [1.165, 1.54) is 64.2 Å². The fourth-order valence-electron chi connectivity index (χ4n) is 4.73. The highest BCUT2D eigenvalue weighted by Crippen LogP contribution is 2.30. The molecule has 0 N–H and O–H groups in total. The first-order valence-electron chi connectivity index (χ1n) is 14.0. The Morgan fingerprint density at radius 1 is 0.531 bits per heavy atom. The van der Waals surface area contributed by atoms with Gasteiger partial charge >= 0.3 is 11.9 Å². The van der Waals surface area contributed by atoms with Gasteiger partial charge in [-0.15, -0.1) is 0 Å². The first kappa shape index (κ1) is 29.0. The highest BCUT2D eigenvalue weighted by Gasteiger charge is 2.36. The second-order valence-electron chi connectivity index (χ2n) is 9.78. The van der Waals surface area contributed by atoms with Gasteiger partial charge in [0.25, 0.3) is 0 Å².